The second kappa shape index (κ2) is 5.70. The maximum Gasteiger partial charge on any atom is 0.411 e. The van der Waals surface area contributed by atoms with E-state index in [1.54, 1.807) is 31.5 Å². The first-order chi connectivity index (χ1) is 7.72. The third kappa shape index (κ3) is 2.70. The highest BCUT2D eigenvalue weighted by Crippen LogP contribution is 2.20. The fraction of sp³-hybridized carbons (Fsp3) is 0.167. The highest BCUT2D eigenvalue weighted by Gasteiger charge is 2.07. The molecule has 0 atom stereocenters. The van der Waals surface area contributed by atoms with Gasteiger partial charge in [0.05, 0.1) is 18.5 Å². The van der Waals surface area contributed by atoms with Crippen molar-refractivity contribution in [1.29, 1.82) is 0 Å². The van der Waals surface area contributed by atoms with Gasteiger partial charge in [0, 0.05) is 17.3 Å². The number of nitrogens with zero attached hydrogens (tertiary/aromatic N) is 1. The molecule has 84 valence electrons. The lowest BCUT2D eigenvalue weighted by atomic mass is 10.1. The Bertz CT molecular complexity index is 413. The van der Waals surface area contributed by atoms with Gasteiger partial charge in [-0.05, 0) is 6.92 Å². The molecule has 0 aliphatic heterocycles. The summed E-state index contributed by atoms with van der Waals surface area (Å²) in [6.07, 6.45) is 5.98. The smallest absolute Gasteiger partial charge is 0.411 e. The summed E-state index contributed by atoms with van der Waals surface area (Å²) in [5.74, 6) is 0. The molecular weight excluding hydrogens is 204 g/mol. The number of carbonyl (C=O) groups is 1. The van der Waals surface area contributed by atoms with Crippen molar-refractivity contribution >= 4 is 23.9 Å². The van der Waals surface area contributed by atoms with Crippen LogP contribution in [0.15, 0.2) is 25.6 Å². The zero-order valence-corrected chi connectivity index (χ0v) is 9.19. The van der Waals surface area contributed by atoms with Crippen molar-refractivity contribution in [2.75, 3.05) is 11.9 Å². The third-order valence-electron chi connectivity index (χ3n) is 1.95. The Hall–Kier alpha value is -2.10. The highest BCUT2D eigenvalue weighted by atomic mass is 16.5. The molecule has 0 saturated heterocycles. The lowest BCUT2D eigenvalue weighted by molar-refractivity contribution is 0.168. The van der Waals surface area contributed by atoms with E-state index in [1.807, 2.05) is 0 Å². The zero-order valence-electron chi connectivity index (χ0n) is 9.19. The van der Waals surface area contributed by atoms with Crippen LogP contribution in [0.4, 0.5) is 10.5 Å². The molecule has 0 fully saturated rings. The first kappa shape index (κ1) is 12.0. The summed E-state index contributed by atoms with van der Waals surface area (Å²) in [5.41, 5.74) is 2.15. The van der Waals surface area contributed by atoms with Crippen LogP contribution in [0.25, 0.3) is 12.2 Å². The fourth-order valence-electron chi connectivity index (χ4n) is 1.25. The van der Waals surface area contributed by atoms with Crippen LogP contribution in [-0.4, -0.2) is 17.7 Å². The first-order valence-electron chi connectivity index (χ1n) is 4.89. The van der Waals surface area contributed by atoms with E-state index in [0.717, 1.165) is 11.1 Å². The molecule has 1 rings (SSSR count). The van der Waals surface area contributed by atoms with E-state index in [9.17, 15) is 4.79 Å². The van der Waals surface area contributed by atoms with Crippen molar-refractivity contribution in [3.8, 4) is 0 Å². The molecular formula is C12H14N2O2. The molecule has 0 unspecified atom stereocenters. The molecule has 0 saturated carbocycles. The van der Waals surface area contributed by atoms with Crippen molar-refractivity contribution in [3.05, 3.63) is 36.7 Å². The summed E-state index contributed by atoms with van der Waals surface area (Å²) >= 11 is 0. The molecule has 1 amide bonds. The van der Waals surface area contributed by atoms with Crippen LogP contribution >= 0.6 is 0 Å². The lowest BCUT2D eigenvalue weighted by Gasteiger charge is -2.09. The molecule has 0 radical (unpaired) electrons. The van der Waals surface area contributed by atoms with Gasteiger partial charge in [0.25, 0.3) is 0 Å². The van der Waals surface area contributed by atoms with Gasteiger partial charge in [-0.25, -0.2) is 4.79 Å². The van der Waals surface area contributed by atoms with Crippen LogP contribution in [0.3, 0.4) is 0 Å². The van der Waals surface area contributed by atoms with E-state index in [1.165, 1.54) is 0 Å². The van der Waals surface area contributed by atoms with E-state index in [2.05, 4.69) is 23.5 Å². The Morgan fingerprint density at radius 3 is 2.81 bits per heavy atom. The predicted molar refractivity (Wildman–Crippen MR) is 65.1 cm³/mol. The van der Waals surface area contributed by atoms with Crippen LogP contribution in [-0.2, 0) is 4.74 Å². The Balaban J connectivity index is 2.99. The second-order valence-electron chi connectivity index (χ2n) is 2.94. The van der Waals surface area contributed by atoms with Gasteiger partial charge in [-0.1, -0.05) is 25.3 Å². The van der Waals surface area contributed by atoms with Crippen LogP contribution in [0.1, 0.15) is 18.1 Å². The normalized spacial score (nSPS) is 9.31. The number of nitrogens with one attached hydrogen (secondary N) is 1. The SMILES string of the molecule is C=Cc1cncc(NC(=O)OCC)c1C=C. The van der Waals surface area contributed by atoms with Gasteiger partial charge in [-0.15, -0.1) is 0 Å². The number of hydrogen-bond acceptors (Lipinski definition) is 3. The van der Waals surface area contributed by atoms with Gasteiger partial charge in [-0.3, -0.25) is 10.3 Å². The van der Waals surface area contributed by atoms with Crippen molar-refractivity contribution < 1.29 is 9.53 Å². The topological polar surface area (TPSA) is 51.2 Å². The quantitative estimate of drug-likeness (QED) is 0.845. The van der Waals surface area contributed by atoms with Crippen molar-refractivity contribution in [1.82, 2.24) is 4.98 Å². The molecule has 0 spiro atoms. The fourth-order valence-corrected chi connectivity index (χ4v) is 1.25. The molecule has 0 aromatic carbocycles. The average molecular weight is 218 g/mol. The highest BCUT2D eigenvalue weighted by molar-refractivity contribution is 5.89. The minimum atomic E-state index is -0.506. The van der Waals surface area contributed by atoms with Crippen LogP contribution in [0.5, 0.6) is 0 Å². The first-order valence-corrected chi connectivity index (χ1v) is 4.89. The predicted octanol–water partition coefficient (Wildman–Crippen LogP) is 2.94. The van der Waals surface area contributed by atoms with Gasteiger partial charge >= 0.3 is 6.09 Å². The maximum absolute atomic E-state index is 11.3. The summed E-state index contributed by atoms with van der Waals surface area (Å²) in [6, 6.07) is 0. The summed E-state index contributed by atoms with van der Waals surface area (Å²) in [5, 5.41) is 2.59. The van der Waals surface area contributed by atoms with E-state index >= 15 is 0 Å². The lowest BCUT2D eigenvalue weighted by Crippen LogP contribution is -2.14. The van der Waals surface area contributed by atoms with Gasteiger partial charge in [0.1, 0.15) is 0 Å². The van der Waals surface area contributed by atoms with Gasteiger partial charge in [0.2, 0.25) is 0 Å². The maximum atomic E-state index is 11.3. The molecule has 1 N–H and O–H groups in total. The molecule has 1 aromatic heterocycles. The monoisotopic (exact) mass is 218 g/mol. The van der Waals surface area contributed by atoms with E-state index < -0.39 is 6.09 Å². The summed E-state index contributed by atoms with van der Waals surface area (Å²) < 4.78 is 4.78. The number of aromatic nitrogens is 1. The Labute approximate surface area is 94.7 Å². The summed E-state index contributed by atoms with van der Waals surface area (Å²) in [6.45, 7) is 9.42. The number of anilines is 1. The Kier molecular flexibility index (Phi) is 4.27. The minimum Gasteiger partial charge on any atom is -0.450 e. The molecule has 16 heavy (non-hydrogen) atoms. The number of amides is 1. The van der Waals surface area contributed by atoms with Crippen LogP contribution < -0.4 is 5.32 Å². The minimum absolute atomic E-state index is 0.323. The number of hydrogen-bond donors (Lipinski definition) is 1. The summed E-state index contributed by atoms with van der Waals surface area (Å²) in [4.78, 5) is 15.2. The molecule has 4 nitrogen and oxygen atoms in total. The van der Waals surface area contributed by atoms with E-state index in [4.69, 9.17) is 4.74 Å². The number of pyridine rings is 1. The standard InChI is InChI=1S/C12H14N2O2/c1-4-9-7-13-8-11(10(9)5-2)14-12(15)16-6-3/h4-5,7-8H,1-2,6H2,3H3,(H,14,15). The number of carbonyl (C=O) groups excluding carboxylic acids is 1. The van der Waals surface area contributed by atoms with Crippen molar-refractivity contribution in [2.45, 2.75) is 6.92 Å². The van der Waals surface area contributed by atoms with Gasteiger partial charge in [0.15, 0.2) is 0 Å². The second-order valence-corrected chi connectivity index (χ2v) is 2.94. The molecule has 0 aliphatic rings. The Morgan fingerprint density at radius 1 is 1.50 bits per heavy atom. The van der Waals surface area contributed by atoms with E-state index in [0.29, 0.717) is 12.3 Å². The Morgan fingerprint density at radius 2 is 2.25 bits per heavy atom. The number of rotatable bonds is 4. The van der Waals surface area contributed by atoms with Crippen LogP contribution in [0, 0.1) is 0 Å². The number of ether oxygens (including phenoxy) is 1. The molecule has 0 bridgehead atoms. The largest absolute Gasteiger partial charge is 0.450 e. The average Bonchev–Trinajstić information content (AvgIpc) is 2.29. The molecule has 0 aliphatic carbocycles. The van der Waals surface area contributed by atoms with Gasteiger partial charge < -0.3 is 4.74 Å². The third-order valence-corrected chi connectivity index (χ3v) is 1.95. The van der Waals surface area contributed by atoms with Gasteiger partial charge in [-0.2, -0.15) is 0 Å². The van der Waals surface area contributed by atoms with Crippen molar-refractivity contribution in [3.63, 3.8) is 0 Å². The molecule has 1 heterocycles. The summed E-state index contributed by atoms with van der Waals surface area (Å²) in [7, 11) is 0. The van der Waals surface area contributed by atoms with Crippen LogP contribution in [0.2, 0.25) is 0 Å². The molecule has 4 heteroatoms. The zero-order chi connectivity index (χ0) is 12.0. The van der Waals surface area contributed by atoms with Crippen molar-refractivity contribution in [2.24, 2.45) is 0 Å². The van der Waals surface area contributed by atoms with E-state index in [-0.39, 0.29) is 0 Å². The molecule has 1 aromatic rings.